The van der Waals surface area contributed by atoms with Crippen LogP contribution in [0, 0.1) is 5.82 Å². The Morgan fingerprint density at radius 2 is 1.68 bits per heavy atom. The lowest BCUT2D eigenvalue weighted by Crippen LogP contribution is -2.37. The van der Waals surface area contributed by atoms with E-state index in [1.165, 1.54) is 29.3 Å². The van der Waals surface area contributed by atoms with Gasteiger partial charge in [0, 0.05) is 60.1 Å². The molecular weight excluding hydrogens is 621 g/mol. The molecule has 13 heteroatoms. The molecule has 0 spiro atoms. The minimum Gasteiger partial charge on any atom is -0.378 e. The number of carbonyl (C=O) groups is 2. The molecule has 0 aliphatic carbocycles. The SMILES string of the molecule is CN(C)C(=O)c1ccc(NC(=O)Nc2ccc(-c3nc(N4CCOCC4)c4ccc(-c5cccc(S(C)=O)c5)cc4n3)cc2F)cn1. The predicted molar refractivity (Wildman–Crippen MR) is 181 cm³/mol. The number of hydrogen-bond acceptors (Lipinski definition) is 8. The van der Waals surface area contributed by atoms with Crippen molar-refractivity contribution in [3.8, 4) is 22.5 Å². The van der Waals surface area contributed by atoms with Crippen molar-refractivity contribution in [2.75, 3.05) is 62.2 Å². The van der Waals surface area contributed by atoms with Gasteiger partial charge in [-0.15, -0.1) is 0 Å². The normalized spacial score (nSPS) is 13.7. The van der Waals surface area contributed by atoms with Gasteiger partial charge in [0.1, 0.15) is 17.3 Å². The van der Waals surface area contributed by atoms with E-state index in [1.54, 1.807) is 32.5 Å². The molecule has 0 saturated carbocycles. The number of rotatable bonds is 7. The van der Waals surface area contributed by atoms with E-state index in [-0.39, 0.29) is 17.3 Å². The highest BCUT2D eigenvalue weighted by Gasteiger charge is 2.20. The van der Waals surface area contributed by atoms with Gasteiger partial charge in [-0.2, -0.15) is 0 Å². The molecule has 5 aromatic rings. The Bertz CT molecular complexity index is 2000. The van der Waals surface area contributed by atoms with E-state index in [4.69, 9.17) is 14.7 Å². The number of nitrogens with zero attached hydrogens (tertiary/aromatic N) is 5. The lowest BCUT2D eigenvalue weighted by molar-refractivity contribution is 0.0822. The van der Waals surface area contributed by atoms with Gasteiger partial charge < -0.3 is 25.2 Å². The zero-order valence-electron chi connectivity index (χ0n) is 26.0. The maximum Gasteiger partial charge on any atom is 0.323 e. The quantitative estimate of drug-likeness (QED) is 0.238. The van der Waals surface area contributed by atoms with Gasteiger partial charge in [-0.25, -0.2) is 24.1 Å². The number of ether oxygens (including phenoxy) is 1. The Kier molecular flexibility index (Phi) is 9.18. The van der Waals surface area contributed by atoms with Crippen molar-refractivity contribution < 1.29 is 22.9 Å². The summed E-state index contributed by atoms with van der Waals surface area (Å²) in [5, 5.41) is 5.95. The van der Waals surface area contributed by atoms with Crippen molar-refractivity contribution in [3.05, 3.63) is 90.5 Å². The van der Waals surface area contributed by atoms with Crippen LogP contribution in [0.15, 0.2) is 83.9 Å². The largest absolute Gasteiger partial charge is 0.378 e. The summed E-state index contributed by atoms with van der Waals surface area (Å²) < 4.78 is 33.1. The molecule has 0 radical (unpaired) electrons. The van der Waals surface area contributed by atoms with Crippen molar-refractivity contribution in [3.63, 3.8) is 0 Å². The van der Waals surface area contributed by atoms with Gasteiger partial charge in [0.05, 0.1) is 36.3 Å². The van der Waals surface area contributed by atoms with Crippen LogP contribution in [0.4, 0.5) is 26.4 Å². The van der Waals surface area contributed by atoms with Crippen LogP contribution in [0.5, 0.6) is 0 Å². The first-order chi connectivity index (χ1) is 22.7. The number of benzene rings is 3. The standard InChI is InChI=1S/C34H32FN7O4S/c1-41(2)33(43)29-12-9-24(20-36-29)37-34(44)39-28-11-8-23(18-27(28)35)31-38-30-19-22(21-5-4-6-25(17-21)47(3)45)7-10-26(30)32(40-31)42-13-15-46-16-14-42/h4-12,17-20H,13-16H2,1-3H3,(H2,37,39,44). The second-order valence-electron chi connectivity index (χ2n) is 11.1. The fourth-order valence-electron chi connectivity index (χ4n) is 5.16. The van der Waals surface area contributed by atoms with E-state index in [9.17, 15) is 13.8 Å². The number of pyridine rings is 1. The zero-order chi connectivity index (χ0) is 33.1. The summed E-state index contributed by atoms with van der Waals surface area (Å²) in [6.07, 6.45) is 3.00. The molecule has 3 aromatic carbocycles. The van der Waals surface area contributed by atoms with E-state index >= 15 is 4.39 Å². The van der Waals surface area contributed by atoms with E-state index < -0.39 is 22.6 Å². The van der Waals surface area contributed by atoms with Crippen molar-refractivity contribution in [2.45, 2.75) is 4.90 Å². The topological polar surface area (TPSA) is 130 Å². The first-order valence-corrected chi connectivity index (χ1v) is 16.4. The number of aromatic nitrogens is 3. The van der Waals surface area contributed by atoms with Crippen LogP contribution in [-0.2, 0) is 15.5 Å². The average Bonchev–Trinajstić information content (AvgIpc) is 3.08. The van der Waals surface area contributed by atoms with Crippen molar-refractivity contribution in [2.24, 2.45) is 0 Å². The molecule has 1 fully saturated rings. The maximum atomic E-state index is 15.4. The molecule has 6 rings (SSSR count). The average molecular weight is 654 g/mol. The predicted octanol–water partition coefficient (Wildman–Crippen LogP) is 5.42. The minimum atomic E-state index is -1.12. The molecule has 240 valence electrons. The highest BCUT2D eigenvalue weighted by Crippen LogP contribution is 2.33. The smallest absolute Gasteiger partial charge is 0.323 e. The van der Waals surface area contributed by atoms with Gasteiger partial charge in [-0.3, -0.25) is 9.00 Å². The van der Waals surface area contributed by atoms with Gasteiger partial charge in [0.2, 0.25) is 0 Å². The summed E-state index contributed by atoms with van der Waals surface area (Å²) >= 11 is 0. The van der Waals surface area contributed by atoms with Crippen molar-refractivity contribution >= 4 is 50.8 Å². The Balaban J connectivity index is 1.28. The van der Waals surface area contributed by atoms with E-state index in [2.05, 4.69) is 20.5 Å². The molecule has 1 saturated heterocycles. The first-order valence-electron chi connectivity index (χ1n) is 14.8. The van der Waals surface area contributed by atoms with Gasteiger partial charge >= 0.3 is 6.03 Å². The number of amides is 3. The van der Waals surface area contributed by atoms with Crippen LogP contribution < -0.4 is 15.5 Å². The van der Waals surface area contributed by atoms with Crippen LogP contribution >= 0.6 is 0 Å². The molecular formula is C34H32FN7O4S. The van der Waals surface area contributed by atoms with Gasteiger partial charge in [0.15, 0.2) is 5.82 Å². The number of halogens is 1. The van der Waals surface area contributed by atoms with Gasteiger partial charge in [-0.1, -0.05) is 18.2 Å². The summed E-state index contributed by atoms with van der Waals surface area (Å²) in [4.78, 5) is 42.7. The summed E-state index contributed by atoms with van der Waals surface area (Å²) in [5.74, 6) is 0.110. The first kappa shape index (κ1) is 31.7. The highest BCUT2D eigenvalue weighted by atomic mass is 32.2. The Hall–Kier alpha value is -5.27. The molecule has 2 N–H and O–H groups in total. The lowest BCUT2D eigenvalue weighted by atomic mass is 10.0. The highest BCUT2D eigenvalue weighted by molar-refractivity contribution is 7.84. The Labute approximate surface area is 273 Å². The molecule has 11 nitrogen and oxygen atoms in total. The number of hydrogen-bond donors (Lipinski definition) is 2. The second-order valence-corrected chi connectivity index (χ2v) is 12.5. The van der Waals surface area contributed by atoms with E-state index in [0.29, 0.717) is 48.9 Å². The van der Waals surface area contributed by atoms with Crippen molar-refractivity contribution in [1.29, 1.82) is 0 Å². The van der Waals surface area contributed by atoms with Gasteiger partial charge in [-0.05, 0) is 65.7 Å². The molecule has 3 amide bonds. The molecule has 1 atom stereocenters. The third-order valence-electron chi connectivity index (χ3n) is 7.61. The summed E-state index contributed by atoms with van der Waals surface area (Å²) in [7, 11) is 2.11. The molecule has 1 unspecified atom stereocenters. The number of nitrogens with one attached hydrogen (secondary N) is 2. The van der Waals surface area contributed by atoms with Crippen LogP contribution in [0.1, 0.15) is 10.5 Å². The van der Waals surface area contributed by atoms with E-state index in [0.717, 1.165) is 27.2 Å². The second kappa shape index (κ2) is 13.6. The maximum absolute atomic E-state index is 15.4. The van der Waals surface area contributed by atoms with Crippen molar-refractivity contribution in [1.82, 2.24) is 19.9 Å². The minimum absolute atomic E-state index is 0.0386. The summed E-state index contributed by atoms with van der Waals surface area (Å²) in [6, 6.07) is 20.2. The van der Waals surface area contributed by atoms with Crippen LogP contribution in [0.3, 0.4) is 0 Å². The van der Waals surface area contributed by atoms with Crippen LogP contribution in [-0.4, -0.2) is 82.7 Å². The Morgan fingerprint density at radius 3 is 2.38 bits per heavy atom. The van der Waals surface area contributed by atoms with E-state index in [1.807, 2.05) is 42.5 Å². The lowest BCUT2D eigenvalue weighted by Gasteiger charge is -2.29. The van der Waals surface area contributed by atoms with Gasteiger partial charge in [0.25, 0.3) is 5.91 Å². The third-order valence-corrected chi connectivity index (χ3v) is 8.53. The van der Waals surface area contributed by atoms with Crippen LogP contribution in [0.25, 0.3) is 33.4 Å². The molecule has 1 aliphatic heterocycles. The summed E-state index contributed by atoms with van der Waals surface area (Å²) in [5.41, 5.74) is 3.44. The summed E-state index contributed by atoms with van der Waals surface area (Å²) in [6.45, 7) is 2.42. The Morgan fingerprint density at radius 1 is 0.915 bits per heavy atom. The molecule has 3 heterocycles. The zero-order valence-corrected chi connectivity index (χ0v) is 26.8. The molecule has 1 aliphatic rings. The number of urea groups is 1. The fourth-order valence-corrected chi connectivity index (χ4v) is 5.72. The molecule has 47 heavy (non-hydrogen) atoms. The third kappa shape index (κ3) is 7.11. The monoisotopic (exact) mass is 653 g/mol. The number of fused-ring (bicyclic) bond motifs is 1. The fraction of sp³-hybridized carbons (Fsp3) is 0.206. The number of morpholine rings is 1. The molecule has 2 aromatic heterocycles. The van der Waals surface area contributed by atoms with Crippen LogP contribution in [0.2, 0.25) is 0 Å². The number of anilines is 3. The molecule has 0 bridgehead atoms. The number of carbonyl (C=O) groups excluding carboxylic acids is 2.